The Morgan fingerprint density at radius 3 is 2.30 bits per heavy atom. The maximum Gasteiger partial charge on any atom is 0.411 e. The van der Waals surface area contributed by atoms with Gasteiger partial charge >= 0.3 is 12.1 Å². The number of ether oxygens (including phenoxy) is 2. The molecule has 1 fully saturated rings. The van der Waals surface area contributed by atoms with Crippen molar-refractivity contribution in [3.05, 3.63) is 71.8 Å². The van der Waals surface area contributed by atoms with Gasteiger partial charge in [-0.2, -0.15) is 5.48 Å². The van der Waals surface area contributed by atoms with Crippen molar-refractivity contribution in [2.75, 3.05) is 6.54 Å². The third-order valence-corrected chi connectivity index (χ3v) is 5.15. The van der Waals surface area contributed by atoms with Gasteiger partial charge in [0.2, 0.25) is 6.29 Å². The zero-order chi connectivity index (χ0) is 23.8. The molecule has 178 valence electrons. The summed E-state index contributed by atoms with van der Waals surface area (Å²) in [6, 6.07) is 18.1. The standard InChI is InChI=1S/C25H32N2O6/c1-25(2,3)32-24(30)27-16-20(14-15-21(27)22(28)29)26-33-23(19-12-8-5-9-13-19)31-17-18-10-6-4-7-11-18/h4-13,20-21,23,26H,14-17H2,1-3H3,(H,28,29)/t20-,21+,23?/m1/s1. The Balaban J connectivity index is 1.65. The molecule has 1 amide bonds. The molecule has 2 aromatic rings. The number of hydrogen-bond acceptors (Lipinski definition) is 6. The Morgan fingerprint density at radius 1 is 1.06 bits per heavy atom. The van der Waals surface area contributed by atoms with Crippen molar-refractivity contribution in [3.8, 4) is 0 Å². The number of carbonyl (C=O) groups excluding carboxylic acids is 1. The van der Waals surface area contributed by atoms with E-state index in [4.69, 9.17) is 14.3 Å². The van der Waals surface area contributed by atoms with Gasteiger partial charge in [0.25, 0.3) is 0 Å². The first-order chi connectivity index (χ1) is 15.7. The third kappa shape index (κ3) is 7.56. The number of hydrogen-bond donors (Lipinski definition) is 2. The highest BCUT2D eigenvalue weighted by atomic mass is 16.8. The van der Waals surface area contributed by atoms with Crippen LogP contribution in [0.15, 0.2) is 60.7 Å². The minimum Gasteiger partial charge on any atom is -0.480 e. The number of carbonyl (C=O) groups is 2. The molecule has 0 saturated carbocycles. The average Bonchev–Trinajstić information content (AvgIpc) is 2.79. The summed E-state index contributed by atoms with van der Waals surface area (Å²) >= 11 is 0. The van der Waals surface area contributed by atoms with E-state index in [1.165, 1.54) is 4.90 Å². The highest BCUT2D eigenvalue weighted by Crippen LogP contribution is 2.24. The number of likely N-dealkylation sites (tertiary alicyclic amines) is 1. The van der Waals surface area contributed by atoms with E-state index in [2.05, 4.69) is 5.48 Å². The highest BCUT2D eigenvalue weighted by Gasteiger charge is 2.38. The molecule has 3 atom stereocenters. The molecule has 1 aliphatic heterocycles. The molecule has 33 heavy (non-hydrogen) atoms. The normalized spacial score (nSPS) is 19.7. The van der Waals surface area contributed by atoms with Gasteiger partial charge in [-0.3, -0.25) is 9.74 Å². The van der Waals surface area contributed by atoms with Crippen LogP contribution in [0, 0.1) is 0 Å². The number of carboxylic acids is 1. The number of rotatable bonds is 8. The second kappa shape index (κ2) is 11.3. The zero-order valence-electron chi connectivity index (χ0n) is 19.3. The molecule has 2 N–H and O–H groups in total. The van der Waals surface area contributed by atoms with Crippen LogP contribution in [0.5, 0.6) is 0 Å². The van der Waals surface area contributed by atoms with E-state index in [9.17, 15) is 14.7 Å². The molecule has 0 aliphatic carbocycles. The predicted molar refractivity (Wildman–Crippen MR) is 122 cm³/mol. The molecule has 3 rings (SSSR count). The Bertz CT molecular complexity index is 900. The van der Waals surface area contributed by atoms with Crippen LogP contribution in [0.25, 0.3) is 0 Å². The molecule has 1 heterocycles. The lowest BCUT2D eigenvalue weighted by atomic mass is 9.99. The van der Waals surface area contributed by atoms with E-state index in [1.54, 1.807) is 20.8 Å². The molecule has 2 aromatic carbocycles. The van der Waals surface area contributed by atoms with Crippen LogP contribution < -0.4 is 5.48 Å². The Hall–Kier alpha value is -2.94. The Kier molecular flexibility index (Phi) is 8.43. The lowest BCUT2D eigenvalue weighted by Crippen LogP contribution is -2.56. The van der Waals surface area contributed by atoms with Crippen LogP contribution in [0.4, 0.5) is 4.79 Å². The first-order valence-electron chi connectivity index (χ1n) is 11.1. The summed E-state index contributed by atoms with van der Waals surface area (Å²) < 4.78 is 11.4. The molecule has 0 spiro atoms. The average molecular weight is 457 g/mol. The van der Waals surface area contributed by atoms with E-state index in [0.29, 0.717) is 13.0 Å². The lowest BCUT2D eigenvalue weighted by molar-refractivity contribution is -0.202. The minimum atomic E-state index is -1.05. The molecular formula is C25H32N2O6. The van der Waals surface area contributed by atoms with Gasteiger partial charge in [0, 0.05) is 12.1 Å². The number of hydroxylamine groups is 1. The highest BCUT2D eigenvalue weighted by molar-refractivity contribution is 5.80. The molecule has 8 nitrogen and oxygen atoms in total. The number of carboxylic acid groups (broad SMARTS) is 1. The zero-order valence-corrected chi connectivity index (χ0v) is 19.3. The molecule has 8 heteroatoms. The second-order valence-electron chi connectivity index (χ2n) is 9.04. The van der Waals surface area contributed by atoms with Crippen LogP contribution >= 0.6 is 0 Å². The molecule has 1 aliphatic rings. The fourth-order valence-electron chi connectivity index (χ4n) is 3.56. The van der Waals surface area contributed by atoms with E-state index >= 15 is 0 Å². The summed E-state index contributed by atoms with van der Waals surface area (Å²) in [5, 5.41) is 9.57. The SMILES string of the molecule is CC(C)(C)OC(=O)N1C[C@H](NOC(OCc2ccccc2)c2ccccc2)CC[C@H]1C(=O)O. The maximum absolute atomic E-state index is 12.6. The largest absolute Gasteiger partial charge is 0.480 e. The number of aliphatic carboxylic acids is 1. The first kappa shape index (κ1) is 24.7. The quantitative estimate of drug-likeness (QED) is 0.452. The van der Waals surface area contributed by atoms with Crippen molar-refractivity contribution in [2.24, 2.45) is 0 Å². The predicted octanol–water partition coefficient (Wildman–Crippen LogP) is 4.28. The van der Waals surface area contributed by atoms with Crippen molar-refractivity contribution >= 4 is 12.1 Å². The molecule has 0 bridgehead atoms. The van der Waals surface area contributed by atoms with Crippen LogP contribution in [-0.2, 0) is 25.7 Å². The summed E-state index contributed by atoms with van der Waals surface area (Å²) in [4.78, 5) is 31.5. The molecule has 0 radical (unpaired) electrons. The fourth-order valence-corrected chi connectivity index (χ4v) is 3.56. The van der Waals surface area contributed by atoms with Crippen LogP contribution in [-0.4, -0.2) is 46.3 Å². The van der Waals surface area contributed by atoms with E-state index in [0.717, 1.165) is 11.1 Å². The summed E-state index contributed by atoms with van der Waals surface area (Å²) in [5.41, 5.74) is 4.13. The van der Waals surface area contributed by atoms with E-state index in [-0.39, 0.29) is 19.0 Å². The van der Waals surface area contributed by atoms with Gasteiger partial charge in [-0.1, -0.05) is 60.7 Å². The number of nitrogens with one attached hydrogen (secondary N) is 1. The second-order valence-corrected chi connectivity index (χ2v) is 9.04. The number of amides is 1. The van der Waals surface area contributed by atoms with E-state index in [1.807, 2.05) is 60.7 Å². The van der Waals surface area contributed by atoms with Crippen LogP contribution in [0.2, 0.25) is 0 Å². The van der Waals surface area contributed by atoms with E-state index < -0.39 is 30.0 Å². The molecule has 1 saturated heterocycles. The maximum atomic E-state index is 12.6. The van der Waals surface area contributed by atoms with Crippen LogP contribution in [0.1, 0.15) is 51.0 Å². The van der Waals surface area contributed by atoms with Gasteiger partial charge in [0.15, 0.2) is 0 Å². The van der Waals surface area contributed by atoms with Gasteiger partial charge in [-0.15, -0.1) is 0 Å². The first-order valence-corrected chi connectivity index (χ1v) is 11.1. The van der Waals surface area contributed by atoms with Gasteiger partial charge in [0.1, 0.15) is 11.6 Å². The van der Waals surface area contributed by atoms with Crippen molar-refractivity contribution in [1.82, 2.24) is 10.4 Å². The third-order valence-electron chi connectivity index (χ3n) is 5.15. The lowest BCUT2D eigenvalue weighted by Gasteiger charge is -2.38. The summed E-state index contributed by atoms with van der Waals surface area (Å²) in [7, 11) is 0. The summed E-state index contributed by atoms with van der Waals surface area (Å²) in [5.74, 6) is -1.05. The number of piperidine rings is 1. The van der Waals surface area contributed by atoms with Gasteiger partial charge in [-0.25, -0.2) is 9.59 Å². The Morgan fingerprint density at radius 2 is 1.70 bits per heavy atom. The van der Waals surface area contributed by atoms with Gasteiger partial charge in [-0.05, 0) is 39.2 Å². The number of benzene rings is 2. The summed E-state index contributed by atoms with van der Waals surface area (Å²) in [6.07, 6.45) is -0.521. The van der Waals surface area contributed by atoms with Gasteiger partial charge in [0.05, 0.1) is 12.6 Å². The molecular weight excluding hydrogens is 424 g/mol. The van der Waals surface area contributed by atoms with Gasteiger partial charge < -0.3 is 14.6 Å². The molecule has 1 unspecified atom stereocenters. The fraction of sp³-hybridized carbons (Fsp3) is 0.440. The Labute approximate surface area is 194 Å². The van der Waals surface area contributed by atoms with Crippen LogP contribution in [0.3, 0.4) is 0 Å². The van der Waals surface area contributed by atoms with Crippen molar-refractivity contribution in [2.45, 2.75) is 64.2 Å². The van der Waals surface area contributed by atoms with Crippen molar-refractivity contribution in [3.63, 3.8) is 0 Å². The van der Waals surface area contributed by atoms with Crippen molar-refractivity contribution < 1.29 is 29.0 Å². The number of nitrogens with zero attached hydrogens (tertiary/aromatic N) is 1. The smallest absolute Gasteiger partial charge is 0.411 e. The topological polar surface area (TPSA) is 97.3 Å². The summed E-state index contributed by atoms with van der Waals surface area (Å²) in [6.45, 7) is 5.75. The van der Waals surface area contributed by atoms with Crippen molar-refractivity contribution in [1.29, 1.82) is 0 Å². The minimum absolute atomic E-state index is 0.145. The molecule has 0 aromatic heterocycles. The monoisotopic (exact) mass is 456 g/mol.